The van der Waals surface area contributed by atoms with Gasteiger partial charge in [-0.15, -0.1) is 0 Å². The predicted molar refractivity (Wildman–Crippen MR) is 440 cm³/mol. The van der Waals surface area contributed by atoms with Gasteiger partial charge < -0.3 is 39.7 Å². The first-order valence-electron chi connectivity index (χ1n) is 33.0. The number of benzene rings is 10. The van der Waals surface area contributed by atoms with Crippen LogP contribution in [-0.2, 0) is 0 Å². The Balaban J connectivity index is 0.000000230. The molecule has 0 atom stereocenters. The molecule has 0 unspecified atom stereocenters. The molecule has 10 aromatic carbocycles. The third kappa shape index (κ3) is 29.4. The fourth-order valence-electron chi connectivity index (χ4n) is 9.26. The highest BCUT2D eigenvalue weighted by molar-refractivity contribution is 6.59. The van der Waals surface area contributed by atoms with E-state index in [9.17, 15) is 9.59 Å². The Morgan fingerprint density at radius 3 is 0.784 bits per heavy atom. The summed E-state index contributed by atoms with van der Waals surface area (Å²) in [6.45, 7) is 13.2. The molecule has 0 saturated heterocycles. The first-order valence-corrected chi connectivity index (χ1v) is 33.0. The zero-order valence-electron chi connectivity index (χ0n) is 59.7. The number of carbonyl (C=O) groups excluding carboxylic acids is 2. The molecule has 0 heterocycles. The van der Waals surface area contributed by atoms with Crippen LogP contribution < -0.4 is 30.5 Å². The molecule has 102 heavy (non-hydrogen) atoms. The van der Waals surface area contributed by atoms with Crippen LogP contribution in [0.1, 0.15) is 89.3 Å². The van der Waals surface area contributed by atoms with Crippen molar-refractivity contribution in [2.45, 2.75) is 28.2 Å². The maximum absolute atomic E-state index is 12.1. The van der Waals surface area contributed by atoms with E-state index < -0.39 is 14.2 Å². The summed E-state index contributed by atoms with van der Waals surface area (Å²) in [6, 6.07) is 78.5. The lowest BCUT2D eigenvalue weighted by atomic mass is 9.80. The number of nitrogens with zero attached hydrogens (tertiary/aromatic N) is 5. The third-order valence-corrected chi connectivity index (χ3v) is 15.6. The van der Waals surface area contributed by atoms with Crippen LogP contribution in [0.4, 0.5) is 28.4 Å². The molecule has 0 spiro atoms. The van der Waals surface area contributed by atoms with E-state index in [4.69, 9.17) is 26.7 Å². The van der Waals surface area contributed by atoms with Crippen molar-refractivity contribution in [1.82, 2.24) is 0 Å². The van der Waals surface area contributed by atoms with E-state index in [-0.39, 0.29) is 19.0 Å². The molecule has 10 aromatic rings. The summed E-state index contributed by atoms with van der Waals surface area (Å²) >= 11 is 0. The standard InChI is InChI=1S/C19H20BNO3.C19H21N.C17H18BNO3.C17H19N.C16H13N.CH4/c1-21(2)18-13-7-15(8-14-18)5-3-4-6-19(22)16-9-11-17(12-10-16)20(23)24;1-16-8-10-17(11-9-16)6-4-5-7-18-12-14-19(15-13-18)20(2)3;1-19(2)16-10-3-13(4-11-16)5-12-17(20)14-6-8-15(9-7-14)18(21)22;1-14-4-6-15(7-5-14)8-9-16-10-12-17(13-11-16)18(2)3;1-13-3-5-14(6-4-13)7-8-15-9-11-16(17-2)12-10-15;/h3-14,23-24H,1-2H3;4-15H,1-3H3;3-12,21-22H,1-2H3;4-13H,1-3H3;3-12H,1H3;1H4/b5-3+,6-4+;6-4+,7-5+;12-5+;9-8+;8-7+;. The molecule has 0 radical (unpaired) electrons. The van der Waals surface area contributed by atoms with Crippen LogP contribution in [0.15, 0.2) is 279 Å². The molecule has 0 aliphatic carbocycles. The normalized spacial score (nSPS) is 10.8. The number of hydrogen-bond acceptors (Lipinski definition) is 10. The van der Waals surface area contributed by atoms with Gasteiger partial charge in [0.2, 0.25) is 0 Å². The van der Waals surface area contributed by atoms with E-state index in [1.165, 1.54) is 92.3 Å². The van der Waals surface area contributed by atoms with Crippen molar-refractivity contribution in [1.29, 1.82) is 0 Å². The Hall–Kier alpha value is -11.6. The van der Waals surface area contributed by atoms with Gasteiger partial charge in [0, 0.05) is 90.3 Å². The van der Waals surface area contributed by atoms with Crippen molar-refractivity contribution in [2.75, 3.05) is 76.0 Å². The van der Waals surface area contributed by atoms with Crippen molar-refractivity contribution in [3.8, 4) is 0 Å². The van der Waals surface area contributed by atoms with Crippen molar-refractivity contribution >= 4 is 114 Å². The fraction of sp³-hybridized carbons (Fsp3) is 0.135. The first-order chi connectivity index (χ1) is 48.5. The molecule has 518 valence electrons. The lowest BCUT2D eigenvalue weighted by molar-refractivity contribution is 0.103. The average Bonchev–Trinajstić information content (AvgIpc) is 0.890. The van der Waals surface area contributed by atoms with E-state index in [0.717, 1.165) is 28.1 Å². The van der Waals surface area contributed by atoms with Crippen LogP contribution in [0.2, 0.25) is 0 Å². The molecular weight excluding hydrogens is 1260 g/mol. The van der Waals surface area contributed by atoms with E-state index in [2.05, 4.69) is 234 Å². The van der Waals surface area contributed by atoms with Crippen LogP contribution in [0.3, 0.4) is 0 Å². The quantitative estimate of drug-likeness (QED) is 0.0146. The maximum Gasteiger partial charge on any atom is 0.488 e. The third-order valence-electron chi connectivity index (χ3n) is 15.6. The van der Waals surface area contributed by atoms with Crippen LogP contribution in [0.5, 0.6) is 0 Å². The molecule has 0 aliphatic heterocycles. The van der Waals surface area contributed by atoms with Crippen molar-refractivity contribution < 1.29 is 29.7 Å². The summed E-state index contributed by atoms with van der Waals surface area (Å²) in [4.78, 5) is 35.7. The monoisotopic (exact) mass is 1350 g/mol. The Morgan fingerprint density at radius 2 is 0.529 bits per heavy atom. The second kappa shape index (κ2) is 43.0. The Bertz CT molecular complexity index is 4400. The fourth-order valence-corrected chi connectivity index (χ4v) is 9.26. The zero-order valence-corrected chi connectivity index (χ0v) is 59.7. The second-order valence-corrected chi connectivity index (χ2v) is 24.5. The number of rotatable bonds is 20. The molecule has 0 bridgehead atoms. The Kier molecular flexibility index (Phi) is 34.2. The molecule has 0 aromatic heterocycles. The highest BCUT2D eigenvalue weighted by Gasteiger charge is 2.12. The van der Waals surface area contributed by atoms with Gasteiger partial charge in [-0.05, 0) is 137 Å². The summed E-state index contributed by atoms with van der Waals surface area (Å²) in [7, 11) is 13.1. The van der Waals surface area contributed by atoms with Gasteiger partial charge in [-0.1, -0.05) is 291 Å². The van der Waals surface area contributed by atoms with E-state index in [0.29, 0.717) is 27.7 Å². The lowest BCUT2D eigenvalue weighted by Crippen LogP contribution is -2.29. The summed E-state index contributed by atoms with van der Waals surface area (Å²) in [5.41, 5.74) is 20.1. The van der Waals surface area contributed by atoms with Crippen molar-refractivity contribution in [3.05, 3.63) is 363 Å². The minimum Gasteiger partial charge on any atom is -0.423 e. The smallest absolute Gasteiger partial charge is 0.423 e. The molecule has 0 amide bonds. The van der Waals surface area contributed by atoms with Gasteiger partial charge in [-0.3, -0.25) is 9.59 Å². The van der Waals surface area contributed by atoms with Gasteiger partial charge in [0.05, 0.1) is 6.57 Å². The largest absolute Gasteiger partial charge is 0.488 e. The number of carbonyl (C=O) groups is 2. The SMILES string of the molecule is C.CN(C)c1ccc(/C=C/C(=O)c2ccc(B(O)O)cc2)cc1.CN(C)c1ccc(/C=C/C=C/C(=O)c2ccc(B(O)O)cc2)cc1.Cc1ccc(/C=C/C=C/c2ccc(N(C)C)cc2)cc1.Cc1ccc(/C=C/c2ccc(N(C)C)cc2)cc1.[C-]#[N+]c1ccc(/C=C/c2ccc(C)cc2)cc1. The van der Waals surface area contributed by atoms with Crippen molar-refractivity contribution in [2.24, 2.45) is 0 Å². The summed E-state index contributed by atoms with van der Waals surface area (Å²) in [6.07, 6.45) is 27.0. The minimum absolute atomic E-state index is 0. The number of aryl methyl sites for hydroxylation is 3. The van der Waals surface area contributed by atoms with E-state index >= 15 is 0 Å². The summed E-state index contributed by atoms with van der Waals surface area (Å²) < 4.78 is 0. The zero-order chi connectivity index (χ0) is 73.1. The van der Waals surface area contributed by atoms with Gasteiger partial charge in [0.1, 0.15) is 0 Å². The summed E-state index contributed by atoms with van der Waals surface area (Å²) in [5.74, 6) is -0.266. The van der Waals surface area contributed by atoms with Crippen LogP contribution in [0, 0.1) is 27.3 Å². The van der Waals surface area contributed by atoms with Crippen LogP contribution in [0.25, 0.3) is 53.5 Å². The maximum atomic E-state index is 12.1. The molecule has 4 N–H and O–H groups in total. The van der Waals surface area contributed by atoms with Gasteiger partial charge in [0.15, 0.2) is 17.3 Å². The molecular formula is C89H95B2N5O6. The number of hydrogen-bond donors (Lipinski definition) is 4. The van der Waals surface area contributed by atoms with Gasteiger partial charge >= 0.3 is 14.2 Å². The predicted octanol–water partition coefficient (Wildman–Crippen LogP) is 17.6. The minimum atomic E-state index is -1.52. The highest BCUT2D eigenvalue weighted by Crippen LogP contribution is 2.20. The molecule has 11 nitrogen and oxygen atoms in total. The van der Waals surface area contributed by atoms with Crippen LogP contribution >= 0.6 is 0 Å². The average molecular weight is 1350 g/mol. The lowest BCUT2D eigenvalue weighted by Gasteiger charge is -2.11. The topological polar surface area (TPSA) is 132 Å². The molecule has 0 aliphatic rings. The Morgan fingerprint density at radius 1 is 0.304 bits per heavy atom. The van der Waals surface area contributed by atoms with Crippen LogP contribution in [-0.4, -0.2) is 102 Å². The second-order valence-electron chi connectivity index (χ2n) is 24.5. The molecule has 0 saturated carbocycles. The summed E-state index contributed by atoms with van der Waals surface area (Å²) in [5, 5.41) is 36.1. The van der Waals surface area contributed by atoms with E-state index in [1.54, 1.807) is 36.4 Å². The molecule has 13 heteroatoms. The molecule has 0 fully saturated rings. The van der Waals surface area contributed by atoms with Gasteiger partial charge in [-0.25, -0.2) is 4.85 Å². The molecule has 10 rings (SSSR count). The van der Waals surface area contributed by atoms with Gasteiger partial charge in [-0.2, -0.15) is 0 Å². The number of anilines is 4. The number of ketones is 2. The first kappa shape index (κ1) is 81.1. The highest BCUT2D eigenvalue weighted by atomic mass is 16.4. The van der Waals surface area contributed by atoms with E-state index in [1.807, 2.05) is 123 Å². The van der Waals surface area contributed by atoms with Gasteiger partial charge in [0.25, 0.3) is 0 Å². The van der Waals surface area contributed by atoms with Crippen molar-refractivity contribution in [3.63, 3.8) is 0 Å². The number of allylic oxidation sites excluding steroid dienone is 6. The Labute approximate surface area is 607 Å².